The monoisotopic (exact) mass is 175 g/mol. The quantitative estimate of drug-likeness (QED) is 0.622. The highest BCUT2D eigenvalue weighted by molar-refractivity contribution is 5.77. The van der Waals surface area contributed by atoms with E-state index in [4.69, 9.17) is 0 Å². The highest BCUT2D eigenvalue weighted by Crippen LogP contribution is 3.06. The summed E-state index contributed by atoms with van der Waals surface area (Å²) in [5.74, 6) is 6.03. The van der Waals surface area contributed by atoms with Crippen LogP contribution < -0.4 is 5.32 Å². The van der Waals surface area contributed by atoms with Crippen LogP contribution in [0.2, 0.25) is 0 Å². The van der Waals surface area contributed by atoms with E-state index in [-0.39, 0.29) is 5.91 Å². The molecule has 0 bridgehead atoms. The van der Waals surface area contributed by atoms with Crippen LogP contribution in [0.5, 0.6) is 0 Å². The Morgan fingerprint density at radius 2 is 1.54 bits per heavy atom. The first-order valence-corrected chi connectivity index (χ1v) is 5.44. The molecular weight excluding hydrogens is 162 g/mol. The van der Waals surface area contributed by atoms with Crippen LogP contribution in [-0.4, -0.2) is 11.4 Å². The lowest BCUT2D eigenvalue weighted by Crippen LogP contribution is -3.14. The van der Waals surface area contributed by atoms with Gasteiger partial charge in [-0.05, 0) is 40.9 Å². The lowest BCUT2D eigenvalue weighted by atomic mass is 8.94. The van der Waals surface area contributed by atoms with Gasteiger partial charge in [0.15, 0.2) is 0 Å². The molecule has 0 aromatic heterocycles. The fraction of sp³-hybridized carbons (Fsp3) is 0.909. The summed E-state index contributed by atoms with van der Waals surface area (Å²) in [7, 11) is 0. The minimum atomic E-state index is 0.195. The Hall–Kier alpha value is -0.530. The van der Waals surface area contributed by atoms with Crippen molar-refractivity contribution in [1.82, 2.24) is 5.32 Å². The van der Waals surface area contributed by atoms with Crippen LogP contribution >= 0.6 is 0 Å². The van der Waals surface area contributed by atoms with Gasteiger partial charge in [-0.15, -0.1) is 0 Å². The maximum atomic E-state index is 11.1. The lowest BCUT2D eigenvalue weighted by Gasteiger charge is -3.11. The van der Waals surface area contributed by atoms with Gasteiger partial charge in [-0.3, -0.25) is 4.79 Å². The Morgan fingerprint density at radius 1 is 1.08 bits per heavy atom. The first-order chi connectivity index (χ1) is 6.15. The van der Waals surface area contributed by atoms with Crippen molar-refractivity contribution < 1.29 is 4.79 Å². The number of hydrogen-bond donors (Lipinski definition) is 1. The first kappa shape index (κ1) is 6.05. The number of hydrogen-bond acceptors (Lipinski definition) is 1. The van der Waals surface area contributed by atoms with Crippen molar-refractivity contribution in [3.63, 3.8) is 0 Å². The van der Waals surface area contributed by atoms with Gasteiger partial charge in [-0.25, -0.2) is 0 Å². The summed E-state index contributed by atoms with van der Waals surface area (Å²) >= 11 is 0. The predicted molar refractivity (Wildman–Crippen MR) is 45.6 cm³/mol. The molecule has 2 nitrogen and oxygen atoms in total. The zero-order valence-electron chi connectivity index (χ0n) is 7.87. The molecule has 0 aromatic carbocycles. The van der Waals surface area contributed by atoms with Gasteiger partial charge in [0, 0.05) is 6.92 Å². The lowest BCUT2D eigenvalue weighted by molar-refractivity contribution is -0.620. The standard InChI is InChI=1S/C11H13NO/c1-3(13)12-11-7-4-8(11)6-9(11)5(7)10(4,6)2/h4-9H,1-2H3,(H,12,13). The molecule has 68 valence electrons. The molecule has 0 heterocycles. The molecule has 6 rings (SSSR count). The van der Waals surface area contributed by atoms with Crippen LogP contribution in [0.15, 0.2) is 0 Å². The van der Waals surface area contributed by atoms with Crippen LogP contribution in [0.3, 0.4) is 0 Å². The van der Waals surface area contributed by atoms with Gasteiger partial charge >= 0.3 is 0 Å². The highest BCUT2D eigenvalue weighted by atomic mass is 16.1. The summed E-state index contributed by atoms with van der Waals surface area (Å²) in [6, 6.07) is 0. The third-order valence-electron chi connectivity index (χ3n) is 6.52. The minimum Gasteiger partial charge on any atom is -0.350 e. The molecule has 6 fully saturated rings. The molecule has 2 heteroatoms. The molecule has 1 N–H and O–H groups in total. The Balaban J connectivity index is 1.59. The molecular formula is C11H13NO. The average Bonchev–Trinajstić information content (AvgIpc) is 2.10. The Kier molecular flexibility index (Phi) is 0.522. The second-order valence-electron chi connectivity index (χ2n) is 6.13. The highest BCUT2D eigenvalue weighted by Gasteiger charge is 3.08. The summed E-state index contributed by atoms with van der Waals surface area (Å²) < 4.78 is 0. The van der Waals surface area contributed by atoms with Crippen LogP contribution in [0, 0.1) is 40.9 Å². The second-order valence-corrected chi connectivity index (χ2v) is 6.13. The second kappa shape index (κ2) is 1.12. The number of nitrogens with one attached hydrogen (secondary N) is 1. The average molecular weight is 175 g/mol. The minimum absolute atomic E-state index is 0.195. The fourth-order valence-electron chi connectivity index (χ4n) is 6.62. The van der Waals surface area contributed by atoms with Crippen LogP contribution in [0.1, 0.15) is 13.8 Å². The summed E-state index contributed by atoms with van der Waals surface area (Å²) in [6.07, 6.45) is 0. The zero-order valence-corrected chi connectivity index (χ0v) is 7.87. The van der Waals surface area contributed by atoms with Gasteiger partial charge in [-0.2, -0.15) is 0 Å². The van der Waals surface area contributed by atoms with E-state index in [1.807, 2.05) is 0 Å². The molecule has 0 saturated heterocycles. The molecule has 1 amide bonds. The van der Waals surface area contributed by atoms with Crippen LogP contribution in [0.25, 0.3) is 0 Å². The smallest absolute Gasteiger partial charge is 0.217 e. The van der Waals surface area contributed by atoms with Crippen molar-refractivity contribution in [2.45, 2.75) is 19.4 Å². The predicted octanol–water partition coefficient (Wildman–Crippen LogP) is 0.633. The van der Waals surface area contributed by atoms with Gasteiger partial charge in [-0.1, -0.05) is 6.92 Å². The van der Waals surface area contributed by atoms with Gasteiger partial charge in [0.1, 0.15) is 0 Å². The van der Waals surface area contributed by atoms with E-state index in [0.29, 0.717) is 5.54 Å². The molecule has 0 radical (unpaired) electrons. The molecule has 0 unspecified atom stereocenters. The van der Waals surface area contributed by atoms with Crippen molar-refractivity contribution in [2.24, 2.45) is 40.9 Å². The summed E-state index contributed by atoms with van der Waals surface area (Å²) in [6.45, 7) is 4.15. The van der Waals surface area contributed by atoms with Crippen molar-refractivity contribution in [1.29, 1.82) is 0 Å². The zero-order chi connectivity index (χ0) is 8.75. The molecule has 0 aromatic rings. The molecule has 6 aliphatic rings. The van der Waals surface area contributed by atoms with Crippen molar-refractivity contribution in [2.75, 3.05) is 0 Å². The van der Waals surface area contributed by atoms with Crippen LogP contribution in [0.4, 0.5) is 0 Å². The van der Waals surface area contributed by atoms with Crippen molar-refractivity contribution in [3.05, 3.63) is 0 Å². The number of amides is 1. The first-order valence-electron chi connectivity index (χ1n) is 5.44. The van der Waals surface area contributed by atoms with E-state index in [9.17, 15) is 4.79 Å². The van der Waals surface area contributed by atoms with Crippen LogP contribution in [-0.2, 0) is 4.79 Å². The molecule has 6 aliphatic carbocycles. The molecule has 13 heavy (non-hydrogen) atoms. The molecule has 0 aliphatic heterocycles. The van der Waals surface area contributed by atoms with E-state index < -0.39 is 0 Å². The summed E-state index contributed by atoms with van der Waals surface area (Å²) in [4.78, 5) is 11.1. The molecule has 6 saturated carbocycles. The number of carbonyl (C=O) groups is 1. The van der Waals surface area contributed by atoms with E-state index in [0.717, 1.165) is 40.9 Å². The van der Waals surface area contributed by atoms with Gasteiger partial charge < -0.3 is 5.32 Å². The number of rotatable bonds is 1. The largest absolute Gasteiger partial charge is 0.350 e. The summed E-state index contributed by atoms with van der Waals surface area (Å²) in [5, 5.41) is 3.25. The van der Waals surface area contributed by atoms with E-state index in [2.05, 4.69) is 12.2 Å². The SMILES string of the molecule is CC(=O)NC12C3C4C1C1C2C3C41C. The maximum absolute atomic E-state index is 11.1. The number of carbonyl (C=O) groups excluding carboxylic acids is 1. The third-order valence-corrected chi connectivity index (χ3v) is 6.52. The Bertz CT molecular complexity index is 332. The third kappa shape index (κ3) is 0.247. The van der Waals surface area contributed by atoms with Crippen molar-refractivity contribution >= 4 is 5.91 Å². The molecule has 0 spiro atoms. The van der Waals surface area contributed by atoms with E-state index >= 15 is 0 Å². The Morgan fingerprint density at radius 3 is 1.92 bits per heavy atom. The van der Waals surface area contributed by atoms with Gasteiger partial charge in [0.2, 0.25) is 5.91 Å². The van der Waals surface area contributed by atoms with E-state index in [1.54, 1.807) is 6.92 Å². The molecule has 0 atom stereocenters. The maximum Gasteiger partial charge on any atom is 0.217 e. The van der Waals surface area contributed by atoms with E-state index in [1.165, 1.54) is 0 Å². The topological polar surface area (TPSA) is 29.1 Å². The normalized spacial score (nSPS) is 82.0. The summed E-state index contributed by atoms with van der Waals surface area (Å²) in [5.41, 5.74) is 1.14. The fourth-order valence-corrected chi connectivity index (χ4v) is 6.62. The van der Waals surface area contributed by atoms with Crippen molar-refractivity contribution in [3.8, 4) is 0 Å². The Labute approximate surface area is 77.1 Å². The van der Waals surface area contributed by atoms with Gasteiger partial charge in [0.05, 0.1) is 5.54 Å². The van der Waals surface area contributed by atoms with Gasteiger partial charge in [0.25, 0.3) is 0 Å².